The van der Waals surface area contributed by atoms with E-state index < -0.39 is 5.60 Å². The first-order valence-electron chi connectivity index (χ1n) is 9.44. The molecular weight excluding hydrogens is 334 g/mol. The van der Waals surface area contributed by atoms with Gasteiger partial charge in [0.1, 0.15) is 5.60 Å². The van der Waals surface area contributed by atoms with E-state index in [1.54, 1.807) is 0 Å². The van der Waals surface area contributed by atoms with Crippen LogP contribution in [-0.2, 0) is 5.60 Å². The number of hydrogen-bond acceptors (Lipinski definition) is 3. The van der Waals surface area contributed by atoms with E-state index in [1.165, 1.54) is 11.1 Å². The number of aliphatic hydroxyl groups excluding tert-OH is 1. The molecule has 0 aromatic heterocycles. The Hall–Kier alpha value is -2.46. The molecule has 0 aliphatic carbocycles. The Morgan fingerprint density at radius 1 is 0.815 bits per heavy atom. The smallest absolute Gasteiger partial charge is 0.104 e. The van der Waals surface area contributed by atoms with Crippen LogP contribution in [0.1, 0.15) is 29.0 Å². The lowest BCUT2D eigenvalue weighted by Crippen LogP contribution is -2.36. The van der Waals surface area contributed by atoms with Crippen molar-refractivity contribution in [2.45, 2.75) is 24.0 Å². The predicted octanol–water partition coefficient (Wildman–Crippen LogP) is 3.73. The number of β-amino-alcohol motifs (C(OH)–C–C–N with tert-alkyl or cyclic N) is 1. The van der Waals surface area contributed by atoms with E-state index in [0.717, 1.165) is 5.56 Å². The van der Waals surface area contributed by atoms with E-state index in [4.69, 9.17) is 0 Å². The Labute approximate surface area is 160 Å². The number of hydrogen-bond donors (Lipinski definition) is 2. The molecule has 2 atom stereocenters. The predicted molar refractivity (Wildman–Crippen MR) is 107 cm³/mol. The van der Waals surface area contributed by atoms with Gasteiger partial charge in [0.25, 0.3) is 0 Å². The molecule has 27 heavy (non-hydrogen) atoms. The Morgan fingerprint density at radius 2 is 1.30 bits per heavy atom. The van der Waals surface area contributed by atoms with Crippen molar-refractivity contribution in [3.63, 3.8) is 0 Å². The molecular formula is C24H25NO2. The Bertz CT molecular complexity index is 814. The van der Waals surface area contributed by atoms with E-state index in [-0.39, 0.29) is 18.7 Å². The molecule has 3 nitrogen and oxygen atoms in total. The van der Waals surface area contributed by atoms with Crippen molar-refractivity contribution >= 4 is 0 Å². The maximum Gasteiger partial charge on any atom is 0.104 e. The van der Waals surface area contributed by atoms with Gasteiger partial charge < -0.3 is 10.2 Å². The number of rotatable bonds is 5. The molecule has 1 aliphatic rings. The normalized spacial score (nSPS) is 23.0. The molecule has 1 fully saturated rings. The summed E-state index contributed by atoms with van der Waals surface area (Å²) >= 11 is 0. The average Bonchev–Trinajstić information content (AvgIpc) is 3.08. The number of nitrogens with zero attached hydrogens (tertiary/aromatic N) is 1. The molecule has 1 heterocycles. The van der Waals surface area contributed by atoms with Crippen molar-refractivity contribution in [1.82, 2.24) is 4.90 Å². The fraction of sp³-hybridized carbons (Fsp3) is 0.250. The second-order valence-corrected chi connectivity index (χ2v) is 7.36. The maximum absolute atomic E-state index is 11.4. The van der Waals surface area contributed by atoms with Crippen LogP contribution in [0.5, 0.6) is 0 Å². The third-order valence-corrected chi connectivity index (χ3v) is 5.68. The minimum Gasteiger partial charge on any atom is -0.384 e. The van der Waals surface area contributed by atoms with Gasteiger partial charge in [-0.25, -0.2) is 0 Å². The van der Waals surface area contributed by atoms with Crippen LogP contribution < -0.4 is 0 Å². The summed E-state index contributed by atoms with van der Waals surface area (Å²) in [5, 5.41) is 21.5. The standard InChI is InChI=1S/C24H25NO2/c26-18-25-17-24(27,21-14-8-3-9-15-21)16-22(25)23(19-10-4-1-5-11-19)20-12-6-2-7-13-20/h1-15,22-23,26-27H,16-18H2/t22-,24+/m0/s1. The van der Waals surface area contributed by atoms with E-state index >= 15 is 0 Å². The largest absolute Gasteiger partial charge is 0.384 e. The lowest BCUT2D eigenvalue weighted by atomic mass is 9.81. The van der Waals surface area contributed by atoms with Crippen LogP contribution >= 0.6 is 0 Å². The van der Waals surface area contributed by atoms with Gasteiger partial charge in [-0.2, -0.15) is 0 Å². The molecule has 3 aromatic rings. The molecule has 3 heteroatoms. The zero-order valence-corrected chi connectivity index (χ0v) is 15.3. The lowest BCUT2D eigenvalue weighted by Gasteiger charge is -2.31. The molecule has 0 radical (unpaired) electrons. The second kappa shape index (κ2) is 7.65. The van der Waals surface area contributed by atoms with E-state index in [0.29, 0.717) is 13.0 Å². The highest BCUT2D eigenvalue weighted by molar-refractivity contribution is 5.36. The van der Waals surface area contributed by atoms with Crippen molar-refractivity contribution < 1.29 is 10.2 Å². The van der Waals surface area contributed by atoms with Crippen LogP contribution in [0, 0.1) is 0 Å². The Morgan fingerprint density at radius 3 is 1.78 bits per heavy atom. The fourth-order valence-electron chi connectivity index (χ4n) is 4.39. The second-order valence-electron chi connectivity index (χ2n) is 7.36. The van der Waals surface area contributed by atoms with Crippen LogP contribution in [0.2, 0.25) is 0 Å². The van der Waals surface area contributed by atoms with E-state index in [1.807, 2.05) is 71.6 Å². The summed E-state index contributed by atoms with van der Waals surface area (Å²) in [5.41, 5.74) is 2.34. The fourth-order valence-corrected chi connectivity index (χ4v) is 4.39. The SMILES string of the molecule is OCN1C[C@@](O)(c2ccccc2)C[C@H]1C(c1ccccc1)c1ccccc1. The van der Waals surface area contributed by atoms with Gasteiger partial charge in [-0.15, -0.1) is 0 Å². The monoisotopic (exact) mass is 359 g/mol. The van der Waals surface area contributed by atoms with Gasteiger partial charge in [0.2, 0.25) is 0 Å². The third-order valence-electron chi connectivity index (χ3n) is 5.68. The molecule has 3 aromatic carbocycles. The first-order chi connectivity index (χ1) is 13.2. The number of likely N-dealkylation sites (tertiary alicyclic amines) is 1. The van der Waals surface area contributed by atoms with E-state index in [2.05, 4.69) is 24.3 Å². The zero-order valence-electron chi connectivity index (χ0n) is 15.3. The summed E-state index contributed by atoms with van der Waals surface area (Å²) in [6.07, 6.45) is 0.575. The van der Waals surface area contributed by atoms with Crippen LogP contribution in [0.25, 0.3) is 0 Å². The van der Waals surface area contributed by atoms with Gasteiger partial charge in [-0.1, -0.05) is 91.0 Å². The highest BCUT2D eigenvalue weighted by Crippen LogP contribution is 2.43. The minimum absolute atomic E-state index is 0.00464. The molecule has 1 aliphatic heterocycles. The zero-order chi connectivity index (χ0) is 18.7. The molecule has 0 unspecified atom stereocenters. The van der Waals surface area contributed by atoms with Crippen molar-refractivity contribution in [2.75, 3.05) is 13.3 Å². The lowest BCUT2D eigenvalue weighted by molar-refractivity contribution is 0.0296. The van der Waals surface area contributed by atoms with Gasteiger partial charge in [-0.3, -0.25) is 4.90 Å². The Kier molecular flexibility index (Phi) is 5.08. The molecule has 2 N–H and O–H groups in total. The van der Waals surface area contributed by atoms with Gasteiger partial charge in [0.15, 0.2) is 0 Å². The summed E-state index contributed by atoms with van der Waals surface area (Å²) in [6.45, 7) is 0.352. The number of aliphatic hydroxyl groups is 2. The molecule has 0 spiro atoms. The van der Waals surface area contributed by atoms with Crippen molar-refractivity contribution in [1.29, 1.82) is 0 Å². The first kappa shape index (κ1) is 17.9. The Balaban J connectivity index is 1.75. The molecule has 4 rings (SSSR count). The van der Waals surface area contributed by atoms with Gasteiger partial charge in [-0.05, 0) is 23.1 Å². The molecule has 138 valence electrons. The van der Waals surface area contributed by atoms with Gasteiger partial charge in [0, 0.05) is 18.5 Å². The molecule has 0 amide bonds. The van der Waals surface area contributed by atoms with Crippen LogP contribution in [0.4, 0.5) is 0 Å². The quantitative estimate of drug-likeness (QED) is 0.729. The average molecular weight is 359 g/mol. The van der Waals surface area contributed by atoms with Crippen molar-refractivity contribution in [3.8, 4) is 0 Å². The van der Waals surface area contributed by atoms with Crippen LogP contribution in [0.15, 0.2) is 91.0 Å². The highest BCUT2D eigenvalue weighted by atomic mass is 16.3. The number of benzene rings is 3. The summed E-state index contributed by atoms with van der Waals surface area (Å²) in [6, 6.07) is 30.6. The maximum atomic E-state index is 11.4. The van der Waals surface area contributed by atoms with E-state index in [9.17, 15) is 10.2 Å². The molecule has 0 bridgehead atoms. The van der Waals surface area contributed by atoms with Crippen molar-refractivity contribution in [2.24, 2.45) is 0 Å². The summed E-state index contributed by atoms with van der Waals surface area (Å²) in [7, 11) is 0. The van der Waals surface area contributed by atoms with Crippen LogP contribution in [0.3, 0.4) is 0 Å². The summed E-state index contributed by atoms with van der Waals surface area (Å²) in [4.78, 5) is 2.00. The topological polar surface area (TPSA) is 43.7 Å². The molecule has 1 saturated heterocycles. The minimum atomic E-state index is -0.962. The molecule has 0 saturated carbocycles. The summed E-state index contributed by atoms with van der Waals surface area (Å²) in [5.74, 6) is 0.0808. The highest BCUT2D eigenvalue weighted by Gasteiger charge is 2.47. The first-order valence-corrected chi connectivity index (χ1v) is 9.44. The van der Waals surface area contributed by atoms with Gasteiger partial charge in [0.05, 0.1) is 6.73 Å². The summed E-state index contributed by atoms with van der Waals surface area (Å²) < 4.78 is 0. The van der Waals surface area contributed by atoms with Gasteiger partial charge >= 0.3 is 0 Å². The third kappa shape index (κ3) is 3.54. The van der Waals surface area contributed by atoms with Crippen LogP contribution in [-0.4, -0.2) is 34.4 Å². The van der Waals surface area contributed by atoms with Crippen molar-refractivity contribution in [3.05, 3.63) is 108 Å².